The molecule has 236 valence electrons. The van der Waals surface area contributed by atoms with Crippen molar-refractivity contribution in [2.45, 2.75) is 58.3 Å². The molecular weight excluding hydrogens is 594 g/mol. The fourth-order valence-electron chi connectivity index (χ4n) is 4.51. The zero-order chi connectivity index (χ0) is 31.9. The lowest BCUT2D eigenvalue weighted by Crippen LogP contribution is -2.09. The van der Waals surface area contributed by atoms with Gasteiger partial charge in [-0.15, -0.1) is 0 Å². The van der Waals surface area contributed by atoms with Crippen molar-refractivity contribution in [1.29, 1.82) is 5.41 Å². The lowest BCUT2D eigenvalue weighted by molar-refractivity contribution is 0.227. The number of rotatable bonds is 13. The van der Waals surface area contributed by atoms with E-state index < -0.39 is 0 Å². The van der Waals surface area contributed by atoms with E-state index in [0.717, 1.165) is 39.8 Å². The summed E-state index contributed by atoms with van der Waals surface area (Å²) in [6.07, 6.45) is 1.74. The first kappa shape index (κ1) is 31.6. The number of aromatic nitrogens is 2. The highest BCUT2D eigenvalue weighted by Gasteiger charge is 2.16. The number of aromatic amines is 1. The van der Waals surface area contributed by atoms with Crippen LogP contribution >= 0.6 is 11.8 Å². The van der Waals surface area contributed by atoms with E-state index in [1.807, 2.05) is 88.4 Å². The Bertz CT molecular complexity index is 1730. The van der Waals surface area contributed by atoms with Gasteiger partial charge in [0.25, 0.3) is 5.23 Å². The Morgan fingerprint density at radius 2 is 1.56 bits per heavy atom. The van der Waals surface area contributed by atoms with E-state index >= 15 is 0 Å². The number of hydrogen-bond acceptors (Lipinski definition) is 10. The van der Waals surface area contributed by atoms with Crippen LogP contribution in [0, 0.1) is 5.41 Å². The van der Waals surface area contributed by atoms with Gasteiger partial charge in [-0.2, -0.15) is 0 Å². The number of methoxy groups -OCH3 is 2. The molecule has 0 aliphatic carbocycles. The quantitative estimate of drug-likeness (QED) is 0.0752. The molecule has 0 unspecified atom stereocenters. The van der Waals surface area contributed by atoms with E-state index in [9.17, 15) is 0 Å². The fraction of sp³-hybridized carbons (Fsp3) is 0.294. The highest BCUT2D eigenvalue weighted by Crippen LogP contribution is 2.37. The molecule has 2 aromatic heterocycles. The Balaban J connectivity index is 1.30. The molecule has 3 aromatic carbocycles. The van der Waals surface area contributed by atoms with Crippen molar-refractivity contribution in [3.05, 3.63) is 78.0 Å². The van der Waals surface area contributed by atoms with E-state index in [-0.39, 0.29) is 17.4 Å². The van der Waals surface area contributed by atoms with E-state index in [1.54, 1.807) is 13.3 Å². The molecule has 0 amide bonds. The van der Waals surface area contributed by atoms with Crippen molar-refractivity contribution in [2.75, 3.05) is 14.2 Å². The molecule has 0 aliphatic heterocycles. The Kier molecular flexibility index (Phi) is 10.1. The number of H-pyrrole nitrogens is 1. The number of benzene rings is 3. The van der Waals surface area contributed by atoms with Crippen LogP contribution in [0.5, 0.6) is 28.7 Å². The summed E-state index contributed by atoms with van der Waals surface area (Å²) < 4.78 is 40.8. The third-order valence-electron chi connectivity index (χ3n) is 6.38. The molecule has 0 atom stereocenters. The van der Waals surface area contributed by atoms with Crippen LogP contribution in [-0.2, 0) is 18.0 Å². The fourth-order valence-corrected chi connectivity index (χ4v) is 5.03. The average Bonchev–Trinajstić information content (AvgIpc) is 3.65. The monoisotopic (exact) mass is 631 g/mol. The summed E-state index contributed by atoms with van der Waals surface area (Å²) in [6, 6.07) is 19.2. The zero-order valence-corrected chi connectivity index (χ0v) is 26.9. The minimum absolute atomic E-state index is 0.0335. The van der Waals surface area contributed by atoms with Crippen molar-refractivity contribution in [1.82, 2.24) is 9.97 Å². The van der Waals surface area contributed by atoms with E-state index in [2.05, 4.69) is 9.97 Å². The molecular formula is C34H37N3O7S. The van der Waals surface area contributed by atoms with Gasteiger partial charge in [0.2, 0.25) is 0 Å². The van der Waals surface area contributed by atoms with Gasteiger partial charge < -0.3 is 37.8 Å². The summed E-state index contributed by atoms with van der Waals surface area (Å²) in [5.74, 6) is 4.00. The zero-order valence-electron chi connectivity index (χ0n) is 26.1. The average molecular weight is 632 g/mol. The van der Waals surface area contributed by atoms with Crippen molar-refractivity contribution in [3.63, 3.8) is 0 Å². The first-order chi connectivity index (χ1) is 21.7. The number of ether oxygens (including phenoxy) is 6. The van der Waals surface area contributed by atoms with Crippen LogP contribution in [0.2, 0.25) is 0 Å². The number of thioether (sulfide) groups is 1. The smallest absolute Gasteiger partial charge is 0.250 e. The molecule has 0 saturated heterocycles. The van der Waals surface area contributed by atoms with Gasteiger partial charge in [0.1, 0.15) is 53.2 Å². The molecule has 5 rings (SSSR count). The standard InChI is InChI=1S/C34H37N3O7S/c1-20(2)42-26-11-23(12-27(13-26)43-21(3)4)19-40-24-9-7-8-22(10-24)18-41-30-14-25(38-5)15-31-28(30)16-32(44-31)29-17-36-34(37-29)45-33(35)39-6/h7-17,20-21,35H,18-19H2,1-6H3,(H,36,37). The van der Waals surface area contributed by atoms with Gasteiger partial charge in [0.05, 0.1) is 38.0 Å². The van der Waals surface area contributed by atoms with Crippen LogP contribution in [0.4, 0.5) is 0 Å². The molecule has 2 N–H and O–H groups in total. The topological polar surface area (TPSA) is 121 Å². The molecule has 0 spiro atoms. The van der Waals surface area contributed by atoms with Crippen LogP contribution in [0.25, 0.3) is 22.4 Å². The van der Waals surface area contributed by atoms with Crippen LogP contribution < -0.4 is 23.7 Å². The molecule has 5 aromatic rings. The molecule has 11 heteroatoms. The molecule has 0 fully saturated rings. The summed E-state index contributed by atoms with van der Waals surface area (Å²) in [4.78, 5) is 7.45. The number of nitrogens with zero attached hydrogens (tertiary/aromatic N) is 1. The lowest BCUT2D eigenvalue weighted by Gasteiger charge is -2.16. The SMILES string of the molecule is COC(=N)Sc1ncc(-c2cc3c(OCc4cccc(OCc5cc(OC(C)C)cc(OC(C)C)c5)c4)cc(OC)cc3o2)[nH]1. The van der Waals surface area contributed by atoms with Gasteiger partial charge in [-0.3, -0.25) is 5.41 Å². The van der Waals surface area contributed by atoms with Crippen molar-refractivity contribution < 1.29 is 32.8 Å². The number of hydrogen-bond donors (Lipinski definition) is 2. The number of imidazole rings is 1. The Morgan fingerprint density at radius 3 is 2.24 bits per heavy atom. The van der Waals surface area contributed by atoms with Gasteiger partial charge in [-0.25, -0.2) is 4.98 Å². The van der Waals surface area contributed by atoms with E-state index in [0.29, 0.717) is 52.7 Å². The molecule has 10 nitrogen and oxygen atoms in total. The van der Waals surface area contributed by atoms with Crippen LogP contribution in [0.1, 0.15) is 38.8 Å². The third-order valence-corrected chi connectivity index (χ3v) is 7.14. The van der Waals surface area contributed by atoms with E-state index in [4.69, 9.17) is 38.2 Å². The molecule has 0 saturated carbocycles. The van der Waals surface area contributed by atoms with Gasteiger partial charge in [-0.1, -0.05) is 12.1 Å². The number of nitrogens with one attached hydrogen (secondary N) is 2. The normalized spacial score (nSPS) is 11.2. The molecule has 2 heterocycles. The highest BCUT2D eigenvalue weighted by molar-refractivity contribution is 8.13. The summed E-state index contributed by atoms with van der Waals surface area (Å²) >= 11 is 1.08. The van der Waals surface area contributed by atoms with Gasteiger partial charge in [0.15, 0.2) is 10.9 Å². The second-order valence-electron chi connectivity index (χ2n) is 10.7. The van der Waals surface area contributed by atoms with Crippen LogP contribution in [0.3, 0.4) is 0 Å². The van der Waals surface area contributed by atoms with Crippen molar-refractivity contribution >= 4 is 28.0 Å². The lowest BCUT2D eigenvalue weighted by atomic mass is 10.2. The second-order valence-corrected chi connectivity index (χ2v) is 11.7. The van der Waals surface area contributed by atoms with E-state index in [1.165, 1.54) is 7.11 Å². The van der Waals surface area contributed by atoms with Crippen molar-refractivity contribution in [3.8, 4) is 40.2 Å². The minimum atomic E-state index is 0.0335. The maximum atomic E-state index is 7.71. The van der Waals surface area contributed by atoms with Gasteiger partial charge in [0, 0.05) is 30.0 Å². The first-order valence-electron chi connectivity index (χ1n) is 14.5. The Labute approximate surface area is 266 Å². The molecule has 0 radical (unpaired) electrons. The maximum absolute atomic E-state index is 7.71. The number of furan rings is 1. The maximum Gasteiger partial charge on any atom is 0.250 e. The molecule has 45 heavy (non-hydrogen) atoms. The summed E-state index contributed by atoms with van der Waals surface area (Å²) in [7, 11) is 3.04. The highest BCUT2D eigenvalue weighted by atomic mass is 32.2. The minimum Gasteiger partial charge on any atom is -0.496 e. The molecule has 0 bridgehead atoms. The predicted octanol–water partition coefficient (Wildman–Crippen LogP) is 8.24. The van der Waals surface area contributed by atoms with Crippen molar-refractivity contribution in [2.24, 2.45) is 0 Å². The van der Waals surface area contributed by atoms with Gasteiger partial charge in [-0.05, 0) is 69.2 Å². The van der Waals surface area contributed by atoms with Crippen LogP contribution in [-0.4, -0.2) is 41.6 Å². The molecule has 0 aliphatic rings. The largest absolute Gasteiger partial charge is 0.496 e. The Hall–Kier alpha value is -4.77. The van der Waals surface area contributed by atoms with Gasteiger partial charge >= 0.3 is 0 Å². The Morgan fingerprint density at radius 1 is 0.844 bits per heavy atom. The van der Waals surface area contributed by atoms with Crippen LogP contribution in [0.15, 0.2) is 76.4 Å². The summed E-state index contributed by atoms with van der Waals surface area (Å²) in [6.45, 7) is 8.63. The third kappa shape index (κ3) is 8.45. The number of fused-ring (bicyclic) bond motifs is 1. The second kappa shape index (κ2) is 14.3. The predicted molar refractivity (Wildman–Crippen MR) is 174 cm³/mol. The summed E-state index contributed by atoms with van der Waals surface area (Å²) in [5, 5.41) is 9.05. The first-order valence-corrected chi connectivity index (χ1v) is 15.3. The summed E-state index contributed by atoms with van der Waals surface area (Å²) in [5.41, 5.74) is 3.15.